The zero-order valence-electron chi connectivity index (χ0n) is 11.3. The van der Waals surface area contributed by atoms with Crippen molar-refractivity contribution in [2.24, 2.45) is 0 Å². The predicted molar refractivity (Wildman–Crippen MR) is 75.5 cm³/mol. The molecule has 0 atom stereocenters. The van der Waals surface area contributed by atoms with E-state index in [0.717, 1.165) is 0 Å². The zero-order valence-corrected chi connectivity index (χ0v) is 12.1. The van der Waals surface area contributed by atoms with Crippen molar-refractivity contribution in [3.05, 3.63) is 46.7 Å². The van der Waals surface area contributed by atoms with Gasteiger partial charge in [-0.05, 0) is 24.6 Å². The van der Waals surface area contributed by atoms with Crippen LogP contribution in [0.4, 0.5) is 8.78 Å². The van der Waals surface area contributed by atoms with Crippen LogP contribution in [0.3, 0.4) is 0 Å². The highest BCUT2D eigenvalue weighted by atomic mass is 35.5. The third-order valence-electron chi connectivity index (χ3n) is 2.84. The van der Waals surface area contributed by atoms with Crippen LogP contribution in [0.1, 0.15) is 17.6 Å². The topological polar surface area (TPSA) is 64.7 Å². The molecule has 0 saturated carbocycles. The SMILES string of the molecule is Cc1cc(-c2nc(-c3ncc(Cl)cn3)no2)cc(C(F)F)c1. The summed E-state index contributed by atoms with van der Waals surface area (Å²) in [5, 5.41) is 4.14. The Kier molecular flexibility index (Phi) is 3.81. The van der Waals surface area contributed by atoms with Crippen molar-refractivity contribution < 1.29 is 13.3 Å². The van der Waals surface area contributed by atoms with Gasteiger partial charge in [-0.25, -0.2) is 18.7 Å². The molecule has 0 bridgehead atoms. The zero-order chi connectivity index (χ0) is 15.7. The van der Waals surface area contributed by atoms with E-state index in [9.17, 15) is 8.78 Å². The number of nitrogens with zero attached hydrogens (tertiary/aromatic N) is 4. The van der Waals surface area contributed by atoms with Crippen molar-refractivity contribution >= 4 is 11.6 Å². The fourth-order valence-electron chi connectivity index (χ4n) is 1.92. The average molecular weight is 323 g/mol. The van der Waals surface area contributed by atoms with Gasteiger partial charge in [-0.2, -0.15) is 4.98 Å². The lowest BCUT2D eigenvalue weighted by atomic mass is 10.1. The van der Waals surface area contributed by atoms with Gasteiger partial charge in [-0.1, -0.05) is 22.8 Å². The Morgan fingerprint density at radius 3 is 2.50 bits per heavy atom. The summed E-state index contributed by atoms with van der Waals surface area (Å²) in [6.45, 7) is 1.72. The van der Waals surface area contributed by atoms with Crippen LogP contribution in [0.25, 0.3) is 23.1 Å². The van der Waals surface area contributed by atoms with E-state index in [1.165, 1.54) is 24.5 Å². The van der Waals surface area contributed by atoms with Gasteiger partial charge < -0.3 is 4.52 Å². The van der Waals surface area contributed by atoms with Crippen molar-refractivity contribution in [1.29, 1.82) is 0 Å². The highest BCUT2D eigenvalue weighted by Gasteiger charge is 2.16. The van der Waals surface area contributed by atoms with E-state index in [1.54, 1.807) is 13.0 Å². The largest absolute Gasteiger partial charge is 0.333 e. The van der Waals surface area contributed by atoms with Gasteiger partial charge in [0.05, 0.1) is 5.02 Å². The molecule has 112 valence electrons. The third-order valence-corrected chi connectivity index (χ3v) is 3.04. The smallest absolute Gasteiger partial charge is 0.263 e. The maximum absolute atomic E-state index is 12.9. The Hall–Kier alpha value is -2.41. The molecule has 2 aromatic heterocycles. The molecule has 0 unspecified atom stereocenters. The standard InChI is InChI=1S/C14H9ClF2N4O/c1-7-2-8(11(16)17)4-9(3-7)14-20-13(21-22-14)12-18-5-10(15)6-19-12/h2-6,11H,1H3. The van der Waals surface area contributed by atoms with Crippen LogP contribution in [0, 0.1) is 6.92 Å². The number of rotatable bonds is 3. The number of alkyl halides is 2. The lowest BCUT2D eigenvalue weighted by Crippen LogP contribution is -1.90. The van der Waals surface area contributed by atoms with Gasteiger partial charge in [0.2, 0.25) is 11.6 Å². The molecule has 0 aliphatic carbocycles. The Morgan fingerprint density at radius 1 is 1.09 bits per heavy atom. The Bertz CT molecular complexity index is 805. The molecule has 5 nitrogen and oxygen atoms in total. The number of aromatic nitrogens is 4. The number of halogens is 3. The van der Waals surface area contributed by atoms with E-state index in [1.807, 2.05) is 0 Å². The quantitative estimate of drug-likeness (QED) is 0.726. The second-order valence-electron chi connectivity index (χ2n) is 4.58. The molecule has 0 aliphatic heterocycles. The van der Waals surface area contributed by atoms with E-state index in [2.05, 4.69) is 20.1 Å². The molecule has 0 N–H and O–H groups in total. The normalized spacial score (nSPS) is 11.1. The molecule has 0 amide bonds. The van der Waals surface area contributed by atoms with Crippen LogP contribution in [0.5, 0.6) is 0 Å². The third kappa shape index (κ3) is 2.94. The summed E-state index contributed by atoms with van der Waals surface area (Å²) in [4.78, 5) is 12.1. The molecule has 0 aliphatic rings. The Labute approximate surface area is 129 Å². The predicted octanol–water partition coefficient (Wildman–Crippen LogP) is 4.09. The summed E-state index contributed by atoms with van der Waals surface area (Å²) in [7, 11) is 0. The van der Waals surface area contributed by atoms with Gasteiger partial charge in [0.25, 0.3) is 12.3 Å². The van der Waals surface area contributed by atoms with Crippen LogP contribution in [-0.4, -0.2) is 20.1 Å². The van der Waals surface area contributed by atoms with Crippen molar-refractivity contribution in [2.75, 3.05) is 0 Å². The van der Waals surface area contributed by atoms with Gasteiger partial charge in [0, 0.05) is 23.5 Å². The van der Waals surface area contributed by atoms with E-state index < -0.39 is 6.43 Å². The molecule has 22 heavy (non-hydrogen) atoms. The molecule has 0 spiro atoms. The van der Waals surface area contributed by atoms with Crippen molar-refractivity contribution in [1.82, 2.24) is 20.1 Å². The van der Waals surface area contributed by atoms with E-state index >= 15 is 0 Å². The van der Waals surface area contributed by atoms with Gasteiger partial charge in [-0.3, -0.25) is 0 Å². The van der Waals surface area contributed by atoms with Crippen molar-refractivity contribution in [3.63, 3.8) is 0 Å². The summed E-state index contributed by atoms with van der Waals surface area (Å²) < 4.78 is 30.8. The second kappa shape index (κ2) is 5.76. The van der Waals surface area contributed by atoms with Gasteiger partial charge in [-0.15, -0.1) is 0 Å². The highest BCUT2D eigenvalue weighted by Crippen LogP contribution is 2.27. The van der Waals surface area contributed by atoms with E-state index in [4.69, 9.17) is 16.1 Å². The van der Waals surface area contributed by atoms with Crippen LogP contribution in [0.15, 0.2) is 35.1 Å². The molecule has 8 heteroatoms. The summed E-state index contributed by atoms with van der Waals surface area (Å²) in [6, 6.07) is 4.41. The number of hydrogen-bond acceptors (Lipinski definition) is 5. The minimum Gasteiger partial charge on any atom is -0.333 e. The molecule has 3 rings (SSSR count). The van der Waals surface area contributed by atoms with E-state index in [0.29, 0.717) is 16.1 Å². The van der Waals surface area contributed by atoms with Gasteiger partial charge >= 0.3 is 0 Å². The lowest BCUT2D eigenvalue weighted by molar-refractivity contribution is 0.151. The first kappa shape index (κ1) is 14.5. The van der Waals surface area contributed by atoms with Crippen LogP contribution in [-0.2, 0) is 0 Å². The van der Waals surface area contributed by atoms with E-state index in [-0.39, 0.29) is 23.1 Å². The average Bonchev–Trinajstić information content (AvgIpc) is 2.97. The molecular formula is C14H9ClF2N4O. The first-order valence-corrected chi connectivity index (χ1v) is 6.62. The molecule has 0 saturated heterocycles. The first-order valence-electron chi connectivity index (χ1n) is 6.24. The molecule has 3 aromatic rings. The molecule has 0 fully saturated rings. The lowest BCUT2D eigenvalue weighted by Gasteiger charge is -2.03. The van der Waals surface area contributed by atoms with Crippen LogP contribution >= 0.6 is 11.6 Å². The molecule has 0 radical (unpaired) electrons. The molecular weight excluding hydrogens is 314 g/mol. The van der Waals surface area contributed by atoms with Gasteiger partial charge in [0.15, 0.2) is 0 Å². The highest BCUT2D eigenvalue weighted by molar-refractivity contribution is 6.30. The van der Waals surface area contributed by atoms with Crippen LogP contribution < -0.4 is 0 Å². The van der Waals surface area contributed by atoms with Crippen molar-refractivity contribution in [2.45, 2.75) is 13.3 Å². The molecule has 2 heterocycles. The van der Waals surface area contributed by atoms with Crippen molar-refractivity contribution in [3.8, 4) is 23.1 Å². The molecule has 1 aromatic carbocycles. The Morgan fingerprint density at radius 2 is 1.82 bits per heavy atom. The Balaban J connectivity index is 1.98. The van der Waals surface area contributed by atoms with Crippen LogP contribution in [0.2, 0.25) is 5.02 Å². The first-order chi connectivity index (χ1) is 10.5. The number of benzene rings is 1. The number of hydrogen-bond donors (Lipinski definition) is 0. The number of aryl methyl sites for hydroxylation is 1. The second-order valence-corrected chi connectivity index (χ2v) is 5.02. The van der Waals surface area contributed by atoms with Gasteiger partial charge in [0.1, 0.15) is 0 Å². The minimum atomic E-state index is -2.57. The fourth-order valence-corrected chi connectivity index (χ4v) is 2.02. The monoisotopic (exact) mass is 322 g/mol. The summed E-state index contributed by atoms with van der Waals surface area (Å²) in [5.74, 6) is 0.520. The fraction of sp³-hybridized carbons (Fsp3) is 0.143. The summed E-state index contributed by atoms with van der Waals surface area (Å²) in [6.07, 6.45) is 0.240. The summed E-state index contributed by atoms with van der Waals surface area (Å²) in [5.41, 5.74) is 0.996. The maximum Gasteiger partial charge on any atom is 0.263 e. The maximum atomic E-state index is 12.9. The summed E-state index contributed by atoms with van der Waals surface area (Å²) >= 11 is 5.70. The minimum absolute atomic E-state index is 0.0995.